The Hall–Kier alpha value is -14.6. The molecule has 0 spiro atoms. The number of hydrogen-bond acceptors (Lipinski definition) is 13. The molecule has 0 saturated carbocycles. The van der Waals surface area contributed by atoms with Crippen LogP contribution in [0.1, 0.15) is 66.8 Å². The monoisotopic (exact) mass is 1530 g/mol. The maximum Gasteiger partial charge on any atom is 0.112 e. The van der Waals surface area contributed by atoms with Crippen molar-refractivity contribution in [2.75, 3.05) is 19.6 Å². The number of fused-ring (bicyclic) bond motifs is 3. The minimum atomic E-state index is 0.868. The van der Waals surface area contributed by atoms with E-state index in [1.807, 2.05) is 36.4 Å². The second-order valence-corrected chi connectivity index (χ2v) is 29.1. The number of rotatable bonds is 24. The molecule has 0 unspecified atom stereocenters. The molecule has 13 heteroatoms. The Kier molecular flexibility index (Phi) is 21.2. The van der Waals surface area contributed by atoms with Crippen LogP contribution in [0.5, 0.6) is 0 Å². The number of para-hydroxylation sites is 6. The highest BCUT2D eigenvalue weighted by Crippen LogP contribution is 2.41. The maximum atomic E-state index is 4.81. The van der Waals surface area contributed by atoms with Gasteiger partial charge in [0.25, 0.3) is 0 Å². The van der Waals surface area contributed by atoms with Gasteiger partial charge in [-0.15, -0.1) is 0 Å². The summed E-state index contributed by atoms with van der Waals surface area (Å²) in [7, 11) is 0. The molecule has 115 heavy (non-hydrogen) atoms. The first kappa shape index (κ1) is 72.0. The Morgan fingerprint density at radius 1 is 0.139 bits per heavy atom. The molecule has 0 fully saturated rings. The second kappa shape index (κ2) is 33.9. The predicted octanol–water partition coefficient (Wildman–Crippen LogP) is 28.6. The minimum absolute atomic E-state index is 0.868. The zero-order valence-electron chi connectivity index (χ0n) is 62.3. The van der Waals surface area contributed by atoms with Crippen LogP contribution in [0.2, 0.25) is 0 Å². The van der Waals surface area contributed by atoms with Crippen molar-refractivity contribution in [3.63, 3.8) is 0 Å². The molecular weight excluding hydrogens is 1460 g/mol. The molecule has 548 valence electrons. The van der Waals surface area contributed by atoms with E-state index in [2.05, 4.69) is 420 Å². The lowest BCUT2D eigenvalue weighted by Crippen LogP contribution is -2.09. The third-order valence-electron chi connectivity index (χ3n) is 20.2. The van der Waals surface area contributed by atoms with E-state index in [4.69, 9.17) is 26.2 Å². The van der Waals surface area contributed by atoms with E-state index in [0.717, 1.165) is 168 Å². The van der Waals surface area contributed by atoms with E-state index in [-0.39, 0.29) is 0 Å². The summed E-state index contributed by atoms with van der Waals surface area (Å²) < 4.78 is 28.8. The van der Waals surface area contributed by atoms with Crippen molar-refractivity contribution < 1.29 is 0 Å². The molecule has 0 atom stereocenters. The second-order valence-electron chi connectivity index (χ2n) is 27.5. The summed E-state index contributed by atoms with van der Waals surface area (Å²) in [5.74, 6) is 0. The lowest BCUT2D eigenvalue weighted by molar-refractivity contribution is 1.28. The van der Waals surface area contributed by atoms with Crippen LogP contribution in [-0.4, -0.2) is 26.2 Å². The highest BCUT2D eigenvalue weighted by atomic mass is 32.1. The van der Waals surface area contributed by atoms with Crippen LogP contribution in [-0.2, 0) is 0 Å². The summed E-state index contributed by atoms with van der Waals surface area (Å²) in [5, 5.41) is 0. The lowest BCUT2D eigenvalue weighted by Gasteiger charge is -2.26. The van der Waals surface area contributed by atoms with E-state index in [9.17, 15) is 0 Å². The Morgan fingerprint density at radius 3 is 0.409 bits per heavy atom. The highest BCUT2D eigenvalue weighted by molar-refractivity contribution is 7.00. The van der Waals surface area contributed by atoms with Gasteiger partial charge in [0.05, 0.1) is 35.2 Å². The zero-order valence-corrected chi connectivity index (χ0v) is 64.7. The van der Waals surface area contributed by atoms with Crippen LogP contribution >= 0.6 is 35.2 Å². The largest absolute Gasteiger partial charge is 0.311 e. The third-order valence-corrected chi connectivity index (χ3v) is 21.7. The van der Waals surface area contributed by atoms with E-state index < -0.39 is 0 Å². The van der Waals surface area contributed by atoms with Gasteiger partial charge in [-0.2, -0.15) is 26.2 Å². The molecule has 0 bridgehead atoms. The molecule has 18 aromatic rings. The van der Waals surface area contributed by atoms with Crippen LogP contribution < -0.4 is 19.6 Å². The molecule has 0 saturated heterocycles. The SMILES string of the molecule is C(=C\c1ccc(/C=C/c2ccc(N(c3ccc(/C=C/c4ccc(/C=C/c5ccc(N(c6ccccc6)c6ccccc6)cc5)c5nsnc45)cc3)c3ccc(/C=C/c4ccc(/C=C/c5ccc(N(c6ccccc6)c6ccccc6)cc5)c5nsnc45)cc3)cc2)c2nsnc12)/c1ccc(N(c2ccccc2)c2ccccc2)cc1. The van der Waals surface area contributed by atoms with Crippen LogP contribution in [0, 0.1) is 0 Å². The van der Waals surface area contributed by atoms with Crippen molar-refractivity contribution in [1.29, 1.82) is 0 Å². The number of hydrogen-bond donors (Lipinski definition) is 0. The van der Waals surface area contributed by atoms with Crippen LogP contribution in [0.15, 0.2) is 364 Å². The van der Waals surface area contributed by atoms with Gasteiger partial charge < -0.3 is 19.6 Å². The summed E-state index contributed by atoms with van der Waals surface area (Å²) in [6.45, 7) is 0. The first-order chi connectivity index (χ1) is 57.0. The number of nitrogens with zero attached hydrogens (tertiary/aromatic N) is 10. The van der Waals surface area contributed by atoms with Crippen molar-refractivity contribution >= 4 is 209 Å². The fourth-order valence-electron chi connectivity index (χ4n) is 14.3. The molecule has 10 nitrogen and oxygen atoms in total. The average molecular weight is 1530 g/mol. The third kappa shape index (κ3) is 16.3. The summed E-state index contributed by atoms with van der Waals surface area (Å²) in [6, 6.07) is 128. The molecule has 0 N–H and O–H groups in total. The summed E-state index contributed by atoms with van der Waals surface area (Å²) in [6.07, 6.45) is 25.7. The van der Waals surface area contributed by atoms with Crippen molar-refractivity contribution in [3.8, 4) is 0 Å². The minimum Gasteiger partial charge on any atom is -0.311 e. The van der Waals surface area contributed by atoms with Gasteiger partial charge in [-0.3, -0.25) is 0 Å². The first-order valence-electron chi connectivity index (χ1n) is 38.0. The smallest absolute Gasteiger partial charge is 0.112 e. The Labute approximate surface area is 681 Å². The number of aromatic nitrogens is 6. The molecule has 0 aliphatic rings. The molecule has 3 aromatic heterocycles. The maximum absolute atomic E-state index is 4.81. The standard InChI is InChI=1S/C102H72N10S3/c1-7-19-85(20-8-1)109(86-21-9-2-10-22-86)91-61-37-73(38-62-91)31-49-79-55-58-82(100-97(79)103-113-106-100)52-34-76-43-67-94(68-44-76)112(95-69-45-77(46-70-95)35-53-83-59-56-80(98-101(83)107-114-104-98)50-32-74-39-63-92(64-40-74)110(87-23-11-3-12-24-87)88-25-13-4-14-26-88)96-71-47-78(48-72-96)36-54-84-60-57-81(99-102(84)108-115-105-99)51-33-75-41-65-93(66-42-75)111(89-27-15-5-16-28-89)90-29-17-6-18-30-90/h1-72H/b49-31+,50-32+,51-33+,52-34+,53-35+,54-36+. The van der Waals surface area contributed by atoms with Gasteiger partial charge in [-0.05, 0) is 179 Å². The quantitative estimate of drug-likeness (QED) is 0.0545. The van der Waals surface area contributed by atoms with Crippen LogP contribution in [0.3, 0.4) is 0 Å². The van der Waals surface area contributed by atoms with Crippen LogP contribution in [0.4, 0.5) is 68.2 Å². The molecule has 0 amide bonds. The summed E-state index contributed by atoms with van der Waals surface area (Å²) in [5.41, 5.74) is 30.5. The fraction of sp³-hybridized carbons (Fsp3) is 0. The van der Waals surface area contributed by atoms with Gasteiger partial charge >= 0.3 is 0 Å². The Balaban J connectivity index is 0.586. The van der Waals surface area contributed by atoms with Gasteiger partial charge in [0.15, 0.2) is 0 Å². The zero-order chi connectivity index (χ0) is 76.9. The van der Waals surface area contributed by atoms with E-state index in [1.165, 1.54) is 35.2 Å². The fourth-order valence-corrected chi connectivity index (χ4v) is 16.1. The lowest BCUT2D eigenvalue weighted by atomic mass is 10.0. The van der Waals surface area contributed by atoms with Crippen molar-refractivity contribution in [3.05, 3.63) is 431 Å². The van der Waals surface area contributed by atoms with E-state index in [0.29, 0.717) is 0 Å². The number of anilines is 12. The van der Waals surface area contributed by atoms with Crippen molar-refractivity contribution in [1.82, 2.24) is 26.2 Å². The summed E-state index contributed by atoms with van der Waals surface area (Å²) in [4.78, 5) is 9.11. The van der Waals surface area contributed by atoms with Gasteiger partial charge in [0.1, 0.15) is 33.1 Å². The van der Waals surface area contributed by atoms with Gasteiger partial charge in [-0.25, -0.2) is 0 Å². The molecular formula is C102H72N10S3. The Morgan fingerprint density at radius 2 is 0.270 bits per heavy atom. The van der Waals surface area contributed by atoms with Crippen LogP contribution in [0.25, 0.3) is 106 Å². The summed E-state index contributed by atoms with van der Waals surface area (Å²) >= 11 is 3.70. The molecule has 0 aliphatic carbocycles. The van der Waals surface area contributed by atoms with Gasteiger partial charge in [-0.1, -0.05) is 291 Å². The van der Waals surface area contributed by atoms with Gasteiger partial charge in [0.2, 0.25) is 0 Å². The van der Waals surface area contributed by atoms with Crippen molar-refractivity contribution in [2.45, 2.75) is 0 Å². The molecule has 15 aromatic carbocycles. The predicted molar refractivity (Wildman–Crippen MR) is 490 cm³/mol. The van der Waals surface area contributed by atoms with Gasteiger partial charge in [0, 0.05) is 102 Å². The van der Waals surface area contributed by atoms with E-state index >= 15 is 0 Å². The molecule has 3 heterocycles. The molecule has 0 radical (unpaired) electrons. The first-order valence-corrected chi connectivity index (χ1v) is 40.1. The topological polar surface area (TPSA) is 90.3 Å². The molecule has 0 aliphatic heterocycles. The highest BCUT2D eigenvalue weighted by Gasteiger charge is 2.19. The Bertz CT molecular complexity index is 5780. The normalized spacial score (nSPS) is 11.8. The molecule has 18 rings (SSSR count). The van der Waals surface area contributed by atoms with E-state index in [1.54, 1.807) is 0 Å². The average Bonchev–Trinajstić information content (AvgIpc) is 1.67. The number of benzene rings is 15. The van der Waals surface area contributed by atoms with Crippen molar-refractivity contribution in [2.24, 2.45) is 0 Å².